The van der Waals surface area contributed by atoms with Gasteiger partial charge in [-0.15, -0.1) is 0 Å². The molecule has 1 heterocycles. The van der Waals surface area contributed by atoms with Crippen molar-refractivity contribution in [3.05, 3.63) is 23.9 Å². The summed E-state index contributed by atoms with van der Waals surface area (Å²) in [5, 5.41) is 8.45. The molecule has 3 N–H and O–H groups in total. The number of rotatable bonds is 4. The van der Waals surface area contributed by atoms with E-state index < -0.39 is 18.6 Å². The van der Waals surface area contributed by atoms with Crippen LogP contribution in [-0.4, -0.2) is 29.7 Å². The van der Waals surface area contributed by atoms with E-state index in [-0.39, 0.29) is 5.56 Å². The number of ether oxygens (including phenoxy) is 1. The van der Waals surface area contributed by atoms with Crippen molar-refractivity contribution in [1.82, 2.24) is 4.98 Å². The standard InChI is InChI=1S/C9H12F2N2O2/c1-15-7-3-2-6(4-13-7)8(12)9(10,11)5-14/h2-4,8,14H,5,12H2,1H3/t8-/m0/s1. The highest BCUT2D eigenvalue weighted by molar-refractivity contribution is 5.22. The Hall–Kier alpha value is -1.27. The van der Waals surface area contributed by atoms with E-state index in [0.29, 0.717) is 5.88 Å². The molecule has 0 saturated heterocycles. The summed E-state index contributed by atoms with van der Waals surface area (Å²) in [6.45, 7) is -1.29. The minimum atomic E-state index is -3.35. The van der Waals surface area contributed by atoms with Crippen LogP contribution in [0.3, 0.4) is 0 Å². The van der Waals surface area contributed by atoms with E-state index in [9.17, 15) is 8.78 Å². The zero-order valence-electron chi connectivity index (χ0n) is 8.15. The maximum Gasteiger partial charge on any atom is 0.289 e. The molecule has 0 unspecified atom stereocenters. The number of alkyl halides is 2. The molecule has 0 aliphatic heterocycles. The van der Waals surface area contributed by atoms with Gasteiger partial charge in [0.05, 0.1) is 13.2 Å². The Morgan fingerprint density at radius 2 is 2.27 bits per heavy atom. The second-order valence-corrected chi connectivity index (χ2v) is 3.03. The topological polar surface area (TPSA) is 68.4 Å². The summed E-state index contributed by atoms with van der Waals surface area (Å²) in [7, 11) is 1.42. The van der Waals surface area contributed by atoms with Gasteiger partial charge in [0.2, 0.25) is 5.88 Å². The molecular formula is C9H12F2N2O2. The van der Waals surface area contributed by atoms with Crippen LogP contribution < -0.4 is 10.5 Å². The van der Waals surface area contributed by atoms with Crippen molar-refractivity contribution >= 4 is 0 Å². The van der Waals surface area contributed by atoms with E-state index in [1.807, 2.05) is 0 Å². The Bertz CT molecular complexity index is 316. The molecule has 0 amide bonds. The van der Waals surface area contributed by atoms with Crippen LogP contribution in [0.4, 0.5) is 8.78 Å². The maximum atomic E-state index is 13.0. The predicted molar refractivity (Wildman–Crippen MR) is 49.8 cm³/mol. The third-order valence-corrected chi connectivity index (χ3v) is 1.99. The molecule has 0 aliphatic rings. The largest absolute Gasteiger partial charge is 0.481 e. The molecule has 1 aromatic rings. The fourth-order valence-electron chi connectivity index (χ4n) is 1.04. The highest BCUT2D eigenvalue weighted by atomic mass is 19.3. The van der Waals surface area contributed by atoms with Gasteiger partial charge in [-0.05, 0) is 5.56 Å². The van der Waals surface area contributed by atoms with E-state index in [1.54, 1.807) is 0 Å². The van der Waals surface area contributed by atoms with E-state index in [4.69, 9.17) is 15.6 Å². The fraction of sp³-hybridized carbons (Fsp3) is 0.444. The Morgan fingerprint density at radius 1 is 1.60 bits per heavy atom. The number of aliphatic hydroxyl groups excluding tert-OH is 1. The molecule has 84 valence electrons. The molecule has 0 bridgehead atoms. The Morgan fingerprint density at radius 3 is 2.67 bits per heavy atom. The van der Waals surface area contributed by atoms with Crippen LogP contribution in [0.15, 0.2) is 18.3 Å². The summed E-state index contributed by atoms with van der Waals surface area (Å²) in [6.07, 6.45) is 1.20. The molecule has 0 radical (unpaired) electrons. The lowest BCUT2D eigenvalue weighted by Gasteiger charge is -2.21. The smallest absolute Gasteiger partial charge is 0.289 e. The van der Waals surface area contributed by atoms with Gasteiger partial charge in [0, 0.05) is 12.3 Å². The first-order valence-electron chi connectivity index (χ1n) is 4.25. The molecule has 4 nitrogen and oxygen atoms in total. The Kier molecular flexibility index (Phi) is 3.54. The molecular weight excluding hydrogens is 206 g/mol. The number of aromatic nitrogens is 1. The number of nitrogens with two attached hydrogens (primary N) is 1. The average Bonchev–Trinajstić information content (AvgIpc) is 2.28. The van der Waals surface area contributed by atoms with E-state index in [0.717, 1.165) is 0 Å². The SMILES string of the molecule is COc1ccc([C@H](N)C(F)(F)CO)cn1. The van der Waals surface area contributed by atoms with Crippen molar-refractivity contribution in [1.29, 1.82) is 0 Å². The number of hydrogen-bond acceptors (Lipinski definition) is 4. The quantitative estimate of drug-likeness (QED) is 0.781. The molecule has 0 spiro atoms. The van der Waals surface area contributed by atoms with E-state index in [2.05, 4.69) is 4.98 Å². The molecule has 0 aromatic carbocycles. The third kappa shape index (κ3) is 2.60. The Labute approximate surface area is 85.7 Å². The van der Waals surface area contributed by atoms with Crippen LogP contribution in [0.2, 0.25) is 0 Å². The van der Waals surface area contributed by atoms with E-state index >= 15 is 0 Å². The first kappa shape index (κ1) is 11.8. The van der Waals surface area contributed by atoms with Crippen LogP contribution >= 0.6 is 0 Å². The summed E-state index contributed by atoms with van der Waals surface area (Å²) < 4.78 is 30.7. The molecule has 15 heavy (non-hydrogen) atoms. The number of methoxy groups -OCH3 is 1. The molecule has 0 saturated carbocycles. The van der Waals surface area contributed by atoms with Crippen LogP contribution in [0.5, 0.6) is 5.88 Å². The molecule has 1 rings (SSSR count). The highest BCUT2D eigenvalue weighted by Gasteiger charge is 2.37. The lowest BCUT2D eigenvalue weighted by molar-refractivity contribution is -0.0712. The lowest BCUT2D eigenvalue weighted by atomic mass is 10.0. The van der Waals surface area contributed by atoms with Crippen LogP contribution in [0.1, 0.15) is 11.6 Å². The van der Waals surface area contributed by atoms with Crippen LogP contribution in [0.25, 0.3) is 0 Å². The highest BCUT2D eigenvalue weighted by Crippen LogP contribution is 2.28. The molecule has 1 atom stereocenters. The summed E-state index contributed by atoms with van der Waals surface area (Å²) in [6, 6.07) is 1.25. The van der Waals surface area contributed by atoms with Gasteiger partial charge in [-0.1, -0.05) is 6.07 Å². The normalized spacial score (nSPS) is 13.7. The minimum Gasteiger partial charge on any atom is -0.481 e. The van der Waals surface area contributed by atoms with Crippen molar-refractivity contribution in [2.75, 3.05) is 13.7 Å². The summed E-state index contributed by atoms with van der Waals surface area (Å²) in [5.41, 5.74) is 5.43. The number of halogens is 2. The maximum absolute atomic E-state index is 13.0. The molecule has 0 aliphatic carbocycles. The van der Waals surface area contributed by atoms with Gasteiger partial charge in [-0.2, -0.15) is 0 Å². The van der Waals surface area contributed by atoms with Gasteiger partial charge < -0.3 is 15.6 Å². The van der Waals surface area contributed by atoms with Gasteiger partial charge in [-0.3, -0.25) is 0 Å². The van der Waals surface area contributed by atoms with Crippen molar-refractivity contribution in [2.45, 2.75) is 12.0 Å². The number of aliphatic hydroxyl groups is 1. The second-order valence-electron chi connectivity index (χ2n) is 3.03. The van der Waals surface area contributed by atoms with Gasteiger partial charge in [0.1, 0.15) is 6.61 Å². The zero-order chi connectivity index (χ0) is 11.5. The predicted octanol–water partition coefficient (Wildman–Crippen LogP) is 0.718. The molecule has 1 aromatic heterocycles. The first-order valence-corrected chi connectivity index (χ1v) is 4.25. The zero-order valence-corrected chi connectivity index (χ0v) is 8.15. The van der Waals surface area contributed by atoms with Crippen molar-refractivity contribution in [3.8, 4) is 5.88 Å². The number of pyridine rings is 1. The lowest BCUT2D eigenvalue weighted by Crippen LogP contribution is -2.36. The van der Waals surface area contributed by atoms with Gasteiger partial charge in [0.25, 0.3) is 5.92 Å². The van der Waals surface area contributed by atoms with Crippen molar-refractivity contribution < 1.29 is 18.6 Å². The fourth-order valence-corrected chi connectivity index (χ4v) is 1.04. The Balaban J connectivity index is 2.87. The van der Waals surface area contributed by atoms with Crippen LogP contribution in [0, 0.1) is 0 Å². The van der Waals surface area contributed by atoms with Gasteiger partial charge in [-0.25, -0.2) is 13.8 Å². The number of hydrogen-bond donors (Lipinski definition) is 2. The molecule has 6 heteroatoms. The summed E-state index contributed by atoms with van der Waals surface area (Å²) in [4.78, 5) is 3.75. The van der Waals surface area contributed by atoms with Gasteiger partial charge >= 0.3 is 0 Å². The summed E-state index contributed by atoms with van der Waals surface area (Å²) >= 11 is 0. The monoisotopic (exact) mass is 218 g/mol. The second kappa shape index (κ2) is 4.50. The van der Waals surface area contributed by atoms with E-state index in [1.165, 1.54) is 25.4 Å². The van der Waals surface area contributed by atoms with Gasteiger partial charge in [0.15, 0.2) is 0 Å². The average molecular weight is 218 g/mol. The van der Waals surface area contributed by atoms with Crippen LogP contribution in [-0.2, 0) is 0 Å². The molecule has 0 fully saturated rings. The summed E-state index contributed by atoms with van der Waals surface area (Å²) in [5.74, 6) is -3.03. The first-order chi connectivity index (χ1) is 7.01. The third-order valence-electron chi connectivity index (χ3n) is 1.99. The van der Waals surface area contributed by atoms with Crippen molar-refractivity contribution in [3.63, 3.8) is 0 Å². The minimum absolute atomic E-state index is 0.148. The van der Waals surface area contributed by atoms with Crippen molar-refractivity contribution in [2.24, 2.45) is 5.73 Å². The number of nitrogens with zero attached hydrogens (tertiary/aromatic N) is 1.